The van der Waals surface area contributed by atoms with Gasteiger partial charge in [0.1, 0.15) is 22.8 Å². The fourth-order valence-electron chi connectivity index (χ4n) is 3.77. The molecule has 0 unspecified atom stereocenters. The van der Waals surface area contributed by atoms with Crippen LogP contribution in [0.5, 0.6) is 17.2 Å². The zero-order chi connectivity index (χ0) is 27.4. The highest BCUT2D eigenvalue weighted by Crippen LogP contribution is 2.38. The highest BCUT2D eigenvalue weighted by Gasteiger charge is 2.26. The van der Waals surface area contributed by atoms with E-state index in [1.54, 1.807) is 12.1 Å². The summed E-state index contributed by atoms with van der Waals surface area (Å²) in [5, 5.41) is 6.77. The molecule has 3 aromatic rings. The summed E-state index contributed by atoms with van der Waals surface area (Å²) in [6, 6.07) is 4.97. The molecule has 2 amide bonds. The number of fused-ring (bicyclic) bond motifs is 1. The minimum atomic E-state index is -0.886. The summed E-state index contributed by atoms with van der Waals surface area (Å²) >= 11 is 7.11. The number of urea groups is 1. The Morgan fingerprint density at radius 2 is 1.79 bits per heavy atom. The van der Waals surface area contributed by atoms with Crippen molar-refractivity contribution in [1.29, 1.82) is 0 Å². The molecule has 0 radical (unpaired) electrons. The van der Waals surface area contributed by atoms with Gasteiger partial charge in [-0.1, -0.05) is 17.7 Å². The number of carbonyl (C=O) groups excluding carboxylic acids is 3. The van der Waals surface area contributed by atoms with E-state index in [1.165, 1.54) is 18.6 Å². The fraction of sp³-hybridized carbons (Fsp3) is 0.240. The lowest BCUT2D eigenvalue weighted by Crippen LogP contribution is -2.22. The standard InChI is InChI=1S/C25H22ClFN2O8S/c1-33-18-8-15(27)16(9-19(18)37-10-12-4-5-14(26)13-6-7-36-21(12)13)28-25(32)29-17-11-38-22(24(31)35-3)20(17)23(30)34-2/h4-5,8-9,11H,6-7,10H2,1-3H3,(H2,28,29,32). The number of benzene rings is 2. The molecule has 1 aliphatic heterocycles. The van der Waals surface area contributed by atoms with Gasteiger partial charge in [0.2, 0.25) is 0 Å². The lowest BCUT2D eigenvalue weighted by molar-refractivity contribution is 0.0561. The molecule has 2 aromatic carbocycles. The predicted octanol–water partition coefficient (Wildman–Crippen LogP) is 5.28. The molecule has 200 valence electrons. The first-order valence-electron chi connectivity index (χ1n) is 11.1. The topological polar surface area (TPSA) is 121 Å². The Hall–Kier alpha value is -4.03. The minimum Gasteiger partial charge on any atom is -0.493 e. The summed E-state index contributed by atoms with van der Waals surface area (Å²) in [7, 11) is 3.64. The molecule has 13 heteroatoms. The van der Waals surface area contributed by atoms with Crippen molar-refractivity contribution in [3.05, 3.63) is 62.1 Å². The van der Waals surface area contributed by atoms with E-state index in [0.717, 1.165) is 42.7 Å². The van der Waals surface area contributed by atoms with Crippen LogP contribution >= 0.6 is 22.9 Å². The first-order valence-corrected chi connectivity index (χ1v) is 12.3. The molecular weight excluding hydrogens is 543 g/mol. The van der Waals surface area contributed by atoms with Crippen LogP contribution in [0.1, 0.15) is 31.2 Å². The van der Waals surface area contributed by atoms with Gasteiger partial charge in [-0.05, 0) is 6.07 Å². The van der Waals surface area contributed by atoms with Gasteiger partial charge in [0.25, 0.3) is 0 Å². The zero-order valence-corrected chi connectivity index (χ0v) is 22.0. The van der Waals surface area contributed by atoms with Crippen molar-refractivity contribution < 1.29 is 42.5 Å². The average Bonchev–Trinajstić information content (AvgIpc) is 3.57. The first kappa shape index (κ1) is 27.0. The van der Waals surface area contributed by atoms with Crippen molar-refractivity contribution in [2.24, 2.45) is 0 Å². The van der Waals surface area contributed by atoms with Gasteiger partial charge in [0.05, 0.1) is 39.3 Å². The third-order valence-electron chi connectivity index (χ3n) is 5.57. The second kappa shape index (κ2) is 11.6. The molecular formula is C25H22ClFN2O8S. The molecule has 38 heavy (non-hydrogen) atoms. The molecule has 0 fully saturated rings. The van der Waals surface area contributed by atoms with Crippen molar-refractivity contribution in [2.75, 3.05) is 38.6 Å². The van der Waals surface area contributed by atoms with Gasteiger partial charge in [-0.2, -0.15) is 0 Å². The maximum absolute atomic E-state index is 14.8. The number of rotatable bonds is 8. The van der Waals surface area contributed by atoms with Crippen LogP contribution in [0.3, 0.4) is 0 Å². The maximum Gasteiger partial charge on any atom is 0.349 e. The van der Waals surface area contributed by atoms with Crippen LogP contribution in [0.2, 0.25) is 5.02 Å². The van der Waals surface area contributed by atoms with E-state index in [-0.39, 0.29) is 39.9 Å². The van der Waals surface area contributed by atoms with E-state index >= 15 is 0 Å². The summed E-state index contributed by atoms with van der Waals surface area (Å²) in [4.78, 5) is 36.9. The first-order chi connectivity index (χ1) is 18.3. The van der Waals surface area contributed by atoms with Crippen LogP contribution in [0.25, 0.3) is 0 Å². The van der Waals surface area contributed by atoms with Crippen molar-refractivity contribution in [3.8, 4) is 17.2 Å². The number of hydrogen-bond acceptors (Lipinski definition) is 9. The van der Waals surface area contributed by atoms with E-state index < -0.39 is 23.8 Å². The highest BCUT2D eigenvalue weighted by atomic mass is 35.5. The fourth-order valence-corrected chi connectivity index (χ4v) is 4.91. The smallest absolute Gasteiger partial charge is 0.349 e. The number of methoxy groups -OCH3 is 3. The van der Waals surface area contributed by atoms with E-state index in [4.69, 9.17) is 30.5 Å². The molecule has 2 heterocycles. The monoisotopic (exact) mass is 564 g/mol. The van der Waals surface area contributed by atoms with Gasteiger partial charge in [0, 0.05) is 40.1 Å². The van der Waals surface area contributed by atoms with E-state index in [2.05, 4.69) is 15.4 Å². The van der Waals surface area contributed by atoms with Gasteiger partial charge in [0.15, 0.2) is 17.3 Å². The number of hydrogen-bond donors (Lipinski definition) is 2. The molecule has 0 aliphatic carbocycles. The van der Waals surface area contributed by atoms with E-state index in [9.17, 15) is 18.8 Å². The van der Waals surface area contributed by atoms with Crippen LogP contribution in [0, 0.1) is 5.82 Å². The molecule has 0 atom stereocenters. The number of halogens is 2. The summed E-state index contributed by atoms with van der Waals surface area (Å²) in [5.41, 5.74) is 1.22. The van der Waals surface area contributed by atoms with Crippen molar-refractivity contribution in [1.82, 2.24) is 0 Å². The van der Waals surface area contributed by atoms with Crippen molar-refractivity contribution in [3.63, 3.8) is 0 Å². The number of nitrogens with one attached hydrogen (secondary N) is 2. The Balaban J connectivity index is 1.53. The number of carbonyl (C=O) groups is 3. The molecule has 1 aromatic heterocycles. The molecule has 2 N–H and O–H groups in total. The quantitative estimate of drug-likeness (QED) is 0.354. The SMILES string of the molecule is COC(=O)c1scc(NC(=O)Nc2cc(OCc3ccc(Cl)c4c3OCC4)c(OC)cc2F)c1C(=O)OC. The number of esters is 2. The Labute approximate surface area is 225 Å². The predicted molar refractivity (Wildman–Crippen MR) is 138 cm³/mol. The lowest BCUT2D eigenvalue weighted by Gasteiger charge is -2.15. The number of thiophene rings is 1. The second-order valence-electron chi connectivity index (χ2n) is 7.80. The van der Waals surface area contributed by atoms with Gasteiger partial charge >= 0.3 is 18.0 Å². The molecule has 4 rings (SSSR count). The molecule has 10 nitrogen and oxygen atoms in total. The molecule has 0 spiro atoms. The van der Waals surface area contributed by atoms with E-state index in [0.29, 0.717) is 23.8 Å². The summed E-state index contributed by atoms with van der Waals surface area (Å²) < 4.78 is 41.0. The number of anilines is 2. The largest absolute Gasteiger partial charge is 0.493 e. The van der Waals surface area contributed by atoms with Crippen LogP contribution in [-0.4, -0.2) is 45.9 Å². The van der Waals surface area contributed by atoms with Crippen LogP contribution in [-0.2, 0) is 22.5 Å². The van der Waals surface area contributed by atoms with Crippen LogP contribution in [0.4, 0.5) is 20.6 Å². The summed E-state index contributed by atoms with van der Waals surface area (Å²) in [6.45, 7) is 0.582. The van der Waals surface area contributed by atoms with Gasteiger partial charge in [-0.15, -0.1) is 11.3 Å². The van der Waals surface area contributed by atoms with Crippen molar-refractivity contribution >= 4 is 52.3 Å². The van der Waals surface area contributed by atoms with E-state index in [1.807, 2.05) is 0 Å². The maximum atomic E-state index is 14.8. The van der Waals surface area contributed by atoms with Gasteiger partial charge in [-0.25, -0.2) is 18.8 Å². The van der Waals surface area contributed by atoms with Crippen LogP contribution in [0.15, 0.2) is 29.6 Å². The van der Waals surface area contributed by atoms with Crippen molar-refractivity contribution in [2.45, 2.75) is 13.0 Å². The Morgan fingerprint density at radius 1 is 1.05 bits per heavy atom. The third-order valence-corrected chi connectivity index (χ3v) is 6.88. The summed E-state index contributed by atoms with van der Waals surface area (Å²) in [6.07, 6.45) is 0.688. The average molecular weight is 565 g/mol. The number of ether oxygens (including phenoxy) is 5. The zero-order valence-electron chi connectivity index (χ0n) is 20.4. The molecule has 1 aliphatic rings. The molecule has 0 saturated heterocycles. The molecule has 0 bridgehead atoms. The Kier molecular flexibility index (Phi) is 8.23. The normalized spacial score (nSPS) is 11.7. The van der Waals surface area contributed by atoms with Gasteiger partial charge in [-0.3, -0.25) is 0 Å². The second-order valence-corrected chi connectivity index (χ2v) is 9.09. The van der Waals surface area contributed by atoms with Crippen LogP contribution < -0.4 is 24.8 Å². The van der Waals surface area contributed by atoms with Gasteiger partial charge < -0.3 is 34.3 Å². The lowest BCUT2D eigenvalue weighted by atomic mass is 10.1. The minimum absolute atomic E-state index is 0.0123. The highest BCUT2D eigenvalue weighted by molar-refractivity contribution is 7.13. The molecule has 0 saturated carbocycles. The summed E-state index contributed by atoms with van der Waals surface area (Å²) in [5.74, 6) is -1.51. The third kappa shape index (κ3) is 5.46. The Morgan fingerprint density at radius 3 is 2.50 bits per heavy atom. The number of amides is 2. The Bertz CT molecular complexity index is 1410.